The van der Waals surface area contributed by atoms with Crippen molar-refractivity contribution in [3.05, 3.63) is 0 Å². The molecule has 5 heteroatoms. The van der Waals surface area contributed by atoms with Crippen molar-refractivity contribution >= 4 is 10.0 Å². The van der Waals surface area contributed by atoms with E-state index in [1.807, 2.05) is 6.92 Å². The third-order valence-corrected chi connectivity index (χ3v) is 4.41. The highest BCUT2D eigenvalue weighted by Gasteiger charge is 2.22. The average Bonchev–Trinajstić information content (AvgIpc) is 2.17. The molecule has 0 aromatic rings. The van der Waals surface area contributed by atoms with E-state index in [0.717, 1.165) is 32.5 Å². The van der Waals surface area contributed by atoms with E-state index in [1.165, 1.54) is 0 Å². The van der Waals surface area contributed by atoms with Crippen LogP contribution in [0.4, 0.5) is 0 Å². The molecule has 0 spiro atoms. The first-order chi connectivity index (χ1) is 7.07. The fourth-order valence-electron chi connectivity index (χ4n) is 2.02. The Hall–Kier alpha value is -0.130. The predicted molar refractivity (Wildman–Crippen MR) is 62.3 cm³/mol. The summed E-state index contributed by atoms with van der Waals surface area (Å²) in [6.45, 7) is 6.97. The molecule has 90 valence electrons. The minimum atomic E-state index is -3.04. The van der Waals surface area contributed by atoms with E-state index in [0.29, 0.717) is 6.42 Å². The predicted octanol–water partition coefficient (Wildman–Crippen LogP) is 0.800. The molecule has 0 amide bonds. The van der Waals surface area contributed by atoms with Gasteiger partial charge in [0.05, 0.1) is 5.75 Å². The average molecular weight is 234 g/mol. The number of nitrogens with one attached hydrogen (secondary N) is 1. The van der Waals surface area contributed by atoms with Gasteiger partial charge < -0.3 is 4.90 Å². The molecule has 1 aliphatic rings. The van der Waals surface area contributed by atoms with Gasteiger partial charge in [0.15, 0.2) is 0 Å². The molecular formula is C10H22N2O2S. The van der Waals surface area contributed by atoms with Crippen LogP contribution in [0.2, 0.25) is 0 Å². The van der Waals surface area contributed by atoms with E-state index >= 15 is 0 Å². The zero-order valence-corrected chi connectivity index (χ0v) is 10.5. The van der Waals surface area contributed by atoms with Gasteiger partial charge >= 0.3 is 0 Å². The molecule has 1 unspecified atom stereocenters. The number of hydrogen-bond donors (Lipinski definition) is 1. The first kappa shape index (κ1) is 12.9. The van der Waals surface area contributed by atoms with Gasteiger partial charge in [0.25, 0.3) is 0 Å². The summed E-state index contributed by atoms with van der Waals surface area (Å²) in [5.41, 5.74) is 0. The summed E-state index contributed by atoms with van der Waals surface area (Å²) < 4.78 is 25.9. The van der Waals surface area contributed by atoms with Crippen molar-refractivity contribution in [2.45, 2.75) is 39.2 Å². The van der Waals surface area contributed by atoms with Crippen LogP contribution in [0.5, 0.6) is 0 Å². The molecule has 0 aromatic carbocycles. The number of rotatable bonds is 5. The summed E-state index contributed by atoms with van der Waals surface area (Å²) in [5, 5.41) is 0. The third-order valence-electron chi connectivity index (χ3n) is 2.77. The lowest BCUT2D eigenvalue weighted by atomic mass is 10.1. The van der Waals surface area contributed by atoms with Crippen molar-refractivity contribution in [2.24, 2.45) is 0 Å². The molecule has 1 aliphatic heterocycles. The molecule has 1 heterocycles. The molecule has 1 rings (SSSR count). The number of nitrogens with zero attached hydrogens (tertiary/aromatic N) is 1. The van der Waals surface area contributed by atoms with Gasteiger partial charge in [-0.05, 0) is 32.4 Å². The fourth-order valence-corrected chi connectivity index (χ4v) is 3.38. The largest absolute Gasteiger partial charge is 0.302 e. The van der Waals surface area contributed by atoms with Crippen LogP contribution in [0.25, 0.3) is 0 Å². The van der Waals surface area contributed by atoms with Gasteiger partial charge in [-0.1, -0.05) is 13.8 Å². The lowest BCUT2D eigenvalue weighted by Gasteiger charge is -2.32. The van der Waals surface area contributed by atoms with Crippen molar-refractivity contribution in [3.8, 4) is 0 Å². The second-order valence-electron chi connectivity index (χ2n) is 4.17. The summed E-state index contributed by atoms with van der Waals surface area (Å²) in [4.78, 5) is 2.29. The van der Waals surface area contributed by atoms with Crippen LogP contribution in [0.3, 0.4) is 0 Å². The normalized spacial score (nSPS) is 24.3. The van der Waals surface area contributed by atoms with Crippen LogP contribution in [0.1, 0.15) is 33.1 Å². The van der Waals surface area contributed by atoms with Crippen molar-refractivity contribution in [1.29, 1.82) is 0 Å². The monoisotopic (exact) mass is 234 g/mol. The SMILES string of the molecule is CCCS(=O)(=O)NC1CCCN(CC)C1. The molecular weight excluding hydrogens is 212 g/mol. The van der Waals surface area contributed by atoms with E-state index in [1.54, 1.807) is 0 Å². The van der Waals surface area contributed by atoms with E-state index in [9.17, 15) is 8.42 Å². The number of likely N-dealkylation sites (tertiary alicyclic amines) is 1. The van der Waals surface area contributed by atoms with E-state index in [-0.39, 0.29) is 11.8 Å². The molecule has 1 saturated heterocycles. The molecule has 0 bridgehead atoms. The lowest BCUT2D eigenvalue weighted by Crippen LogP contribution is -2.47. The summed E-state index contributed by atoms with van der Waals surface area (Å²) >= 11 is 0. The molecule has 0 saturated carbocycles. The Balaban J connectivity index is 2.44. The first-order valence-corrected chi connectivity index (χ1v) is 7.45. The van der Waals surface area contributed by atoms with Gasteiger partial charge in [-0.2, -0.15) is 0 Å². The Bertz CT molecular complexity index is 277. The third kappa shape index (κ3) is 4.49. The van der Waals surface area contributed by atoms with Crippen LogP contribution < -0.4 is 4.72 Å². The molecule has 4 nitrogen and oxygen atoms in total. The molecule has 1 fully saturated rings. The quantitative estimate of drug-likeness (QED) is 0.765. The molecule has 0 radical (unpaired) electrons. The van der Waals surface area contributed by atoms with Crippen LogP contribution in [-0.2, 0) is 10.0 Å². The second-order valence-corrected chi connectivity index (χ2v) is 6.04. The summed E-state index contributed by atoms with van der Waals surface area (Å²) in [7, 11) is -3.04. The van der Waals surface area contributed by atoms with Gasteiger partial charge in [-0.25, -0.2) is 13.1 Å². The summed E-state index contributed by atoms with van der Waals surface area (Å²) in [6.07, 6.45) is 2.74. The van der Waals surface area contributed by atoms with Gasteiger partial charge in [0.1, 0.15) is 0 Å². The van der Waals surface area contributed by atoms with Gasteiger partial charge in [-0.3, -0.25) is 0 Å². The van der Waals surface area contributed by atoms with Gasteiger partial charge in [0.2, 0.25) is 10.0 Å². The van der Waals surface area contributed by atoms with Crippen molar-refractivity contribution in [3.63, 3.8) is 0 Å². The highest BCUT2D eigenvalue weighted by Crippen LogP contribution is 2.10. The van der Waals surface area contributed by atoms with Crippen molar-refractivity contribution in [2.75, 3.05) is 25.4 Å². The fraction of sp³-hybridized carbons (Fsp3) is 1.00. The smallest absolute Gasteiger partial charge is 0.211 e. The number of hydrogen-bond acceptors (Lipinski definition) is 3. The van der Waals surface area contributed by atoms with Crippen LogP contribution in [-0.4, -0.2) is 44.7 Å². The Kier molecular flexibility index (Phi) is 5.02. The number of piperidine rings is 1. The van der Waals surface area contributed by atoms with E-state index in [2.05, 4.69) is 16.5 Å². The topological polar surface area (TPSA) is 49.4 Å². The minimum absolute atomic E-state index is 0.121. The number of sulfonamides is 1. The maximum atomic E-state index is 11.6. The number of likely N-dealkylation sites (N-methyl/N-ethyl adjacent to an activating group) is 1. The highest BCUT2D eigenvalue weighted by molar-refractivity contribution is 7.89. The van der Waals surface area contributed by atoms with Crippen molar-refractivity contribution in [1.82, 2.24) is 9.62 Å². The Morgan fingerprint density at radius 2 is 2.13 bits per heavy atom. The zero-order valence-electron chi connectivity index (χ0n) is 9.70. The highest BCUT2D eigenvalue weighted by atomic mass is 32.2. The summed E-state index contributed by atoms with van der Waals surface area (Å²) in [5.74, 6) is 0.246. The molecule has 1 N–H and O–H groups in total. The first-order valence-electron chi connectivity index (χ1n) is 5.79. The second kappa shape index (κ2) is 5.82. The standard InChI is InChI=1S/C10H22N2O2S/c1-3-8-15(13,14)11-10-6-5-7-12(4-2)9-10/h10-11H,3-9H2,1-2H3. The van der Waals surface area contributed by atoms with Crippen LogP contribution in [0, 0.1) is 0 Å². The zero-order chi connectivity index (χ0) is 11.3. The molecule has 15 heavy (non-hydrogen) atoms. The van der Waals surface area contributed by atoms with E-state index in [4.69, 9.17) is 0 Å². The summed E-state index contributed by atoms with van der Waals surface area (Å²) in [6, 6.07) is 0.121. The van der Waals surface area contributed by atoms with Gasteiger partial charge in [-0.15, -0.1) is 0 Å². The Labute approximate surface area is 93.1 Å². The maximum Gasteiger partial charge on any atom is 0.211 e. The van der Waals surface area contributed by atoms with Gasteiger partial charge in [0, 0.05) is 12.6 Å². The molecule has 0 aromatic heterocycles. The van der Waals surface area contributed by atoms with E-state index < -0.39 is 10.0 Å². The Morgan fingerprint density at radius 3 is 2.73 bits per heavy atom. The van der Waals surface area contributed by atoms with Crippen molar-refractivity contribution < 1.29 is 8.42 Å². The molecule has 0 aliphatic carbocycles. The lowest BCUT2D eigenvalue weighted by molar-refractivity contribution is 0.211. The van der Waals surface area contributed by atoms with Crippen LogP contribution in [0.15, 0.2) is 0 Å². The van der Waals surface area contributed by atoms with Crippen LogP contribution >= 0.6 is 0 Å². The molecule has 1 atom stereocenters. The minimum Gasteiger partial charge on any atom is -0.302 e. The maximum absolute atomic E-state index is 11.6. The Morgan fingerprint density at radius 1 is 1.40 bits per heavy atom.